The molecule has 1 unspecified atom stereocenters. The highest BCUT2D eigenvalue weighted by atomic mass is 32.1. The lowest BCUT2D eigenvalue weighted by Gasteiger charge is -2.17. The van der Waals surface area contributed by atoms with E-state index in [1.807, 2.05) is 26.1 Å². The van der Waals surface area contributed by atoms with E-state index >= 15 is 0 Å². The number of aliphatic hydroxyl groups excluding tert-OH is 1. The van der Waals surface area contributed by atoms with Crippen LogP contribution in [0.25, 0.3) is 0 Å². The van der Waals surface area contributed by atoms with Crippen LogP contribution in [0.1, 0.15) is 36.1 Å². The molecule has 0 saturated carbocycles. The molecule has 9 heteroatoms. The molecule has 0 fully saturated rings. The van der Waals surface area contributed by atoms with E-state index in [0.717, 1.165) is 11.5 Å². The summed E-state index contributed by atoms with van der Waals surface area (Å²) >= 11 is 0.808. The minimum absolute atomic E-state index is 0.155. The average molecular weight is 297 g/mol. The normalized spacial score (nSPS) is 14.3. The lowest BCUT2D eigenvalue weighted by atomic mass is 9.91. The molecule has 0 aliphatic carbocycles. The molecule has 108 valence electrons. The number of aliphatic hydroxyl groups is 1. The number of carbonyl (C=O) groups excluding carboxylic acids is 1. The fourth-order valence-corrected chi connectivity index (χ4v) is 2.01. The van der Waals surface area contributed by atoms with Gasteiger partial charge in [0.1, 0.15) is 4.88 Å². The summed E-state index contributed by atoms with van der Waals surface area (Å²) in [6, 6.07) is 0. The molecule has 1 heterocycles. The maximum absolute atomic E-state index is 12.1. The molecule has 0 aliphatic heterocycles. The fourth-order valence-electron chi connectivity index (χ4n) is 1.22. The molecule has 0 spiro atoms. The van der Waals surface area contributed by atoms with Crippen molar-refractivity contribution in [3.05, 3.63) is 10.6 Å². The fraction of sp³-hybridized carbons (Fsp3) is 0.700. The van der Waals surface area contributed by atoms with E-state index < -0.39 is 30.1 Å². The predicted octanol–water partition coefficient (Wildman–Crippen LogP) is 1.49. The first kappa shape index (κ1) is 15.8. The highest BCUT2D eigenvalue weighted by Gasteiger charge is 2.38. The maximum Gasteiger partial charge on any atom is 0.416 e. The molecular weight excluding hydrogens is 283 g/mol. The molecule has 19 heavy (non-hydrogen) atoms. The second-order valence-electron chi connectivity index (χ2n) is 4.97. The Labute approximate surface area is 112 Å². The highest BCUT2D eigenvalue weighted by molar-refractivity contribution is 7.08. The first-order valence-corrected chi connectivity index (χ1v) is 6.16. The van der Waals surface area contributed by atoms with Crippen LogP contribution in [-0.2, 0) is 5.41 Å². The number of carbonyl (C=O) groups is 1. The van der Waals surface area contributed by atoms with Crippen molar-refractivity contribution in [3.63, 3.8) is 0 Å². The van der Waals surface area contributed by atoms with Gasteiger partial charge in [-0.25, -0.2) is 0 Å². The molecule has 2 N–H and O–H groups in total. The molecule has 1 amide bonds. The first-order valence-electron chi connectivity index (χ1n) is 5.39. The molecule has 1 aromatic rings. The van der Waals surface area contributed by atoms with Crippen molar-refractivity contribution in [1.82, 2.24) is 14.9 Å². The molecule has 1 rings (SSSR count). The Hall–Kier alpha value is -1.22. The third-order valence-electron chi connectivity index (χ3n) is 2.24. The topological polar surface area (TPSA) is 75.1 Å². The van der Waals surface area contributed by atoms with Crippen molar-refractivity contribution in [2.75, 3.05) is 6.54 Å². The molecule has 0 bridgehead atoms. The smallest absolute Gasteiger partial charge is 0.382 e. The van der Waals surface area contributed by atoms with Crippen molar-refractivity contribution in [1.29, 1.82) is 0 Å². The minimum Gasteiger partial charge on any atom is -0.382 e. The second-order valence-corrected chi connectivity index (χ2v) is 5.72. The monoisotopic (exact) mass is 297 g/mol. The van der Waals surface area contributed by atoms with Crippen molar-refractivity contribution in [2.45, 2.75) is 38.5 Å². The number of aromatic nitrogens is 2. The number of alkyl halides is 3. The Balaban J connectivity index is 2.73. The van der Waals surface area contributed by atoms with E-state index in [0.29, 0.717) is 5.69 Å². The van der Waals surface area contributed by atoms with E-state index in [1.165, 1.54) is 0 Å². The van der Waals surface area contributed by atoms with Crippen LogP contribution < -0.4 is 5.32 Å². The number of nitrogens with zero attached hydrogens (tertiary/aromatic N) is 2. The van der Waals surface area contributed by atoms with Gasteiger partial charge in [-0.3, -0.25) is 4.79 Å². The van der Waals surface area contributed by atoms with Gasteiger partial charge in [-0.1, -0.05) is 25.3 Å². The van der Waals surface area contributed by atoms with Crippen LogP contribution in [0.2, 0.25) is 0 Å². The van der Waals surface area contributed by atoms with Crippen LogP contribution in [-0.4, -0.2) is 39.4 Å². The van der Waals surface area contributed by atoms with Crippen LogP contribution in [0.15, 0.2) is 0 Å². The van der Waals surface area contributed by atoms with Gasteiger partial charge in [0.05, 0.1) is 12.2 Å². The lowest BCUT2D eigenvalue weighted by Crippen LogP contribution is -2.41. The van der Waals surface area contributed by atoms with Crippen LogP contribution in [0.5, 0.6) is 0 Å². The van der Waals surface area contributed by atoms with Crippen molar-refractivity contribution in [3.8, 4) is 0 Å². The zero-order valence-electron chi connectivity index (χ0n) is 10.6. The van der Waals surface area contributed by atoms with Crippen LogP contribution in [0.4, 0.5) is 13.2 Å². The molecule has 1 aromatic heterocycles. The molecule has 0 radical (unpaired) electrons. The Morgan fingerprint density at radius 1 is 1.42 bits per heavy atom. The van der Waals surface area contributed by atoms with Crippen molar-refractivity contribution >= 4 is 17.4 Å². The quantitative estimate of drug-likeness (QED) is 0.886. The molecule has 0 saturated heterocycles. The predicted molar refractivity (Wildman–Crippen MR) is 63.0 cm³/mol. The number of amides is 1. The third kappa shape index (κ3) is 4.13. The van der Waals surface area contributed by atoms with Gasteiger partial charge in [-0.2, -0.15) is 13.2 Å². The summed E-state index contributed by atoms with van der Waals surface area (Å²) in [4.78, 5) is 11.9. The summed E-state index contributed by atoms with van der Waals surface area (Å²) in [5.41, 5.74) is -0.0287. The Kier molecular flexibility index (Phi) is 4.51. The van der Waals surface area contributed by atoms with E-state index in [2.05, 4.69) is 9.59 Å². The SMILES string of the molecule is CC(C)(C)c1nnsc1C(=O)NCC(O)C(F)(F)F. The number of hydrogen-bond donors (Lipinski definition) is 2. The van der Waals surface area contributed by atoms with Crippen LogP contribution >= 0.6 is 11.5 Å². The lowest BCUT2D eigenvalue weighted by molar-refractivity contribution is -0.201. The van der Waals surface area contributed by atoms with E-state index in [1.54, 1.807) is 0 Å². The minimum atomic E-state index is -4.76. The second kappa shape index (κ2) is 5.41. The van der Waals surface area contributed by atoms with Gasteiger partial charge in [0.2, 0.25) is 0 Å². The largest absolute Gasteiger partial charge is 0.416 e. The van der Waals surface area contributed by atoms with E-state index in [-0.39, 0.29) is 4.88 Å². The Morgan fingerprint density at radius 2 is 2.00 bits per heavy atom. The number of hydrogen-bond acceptors (Lipinski definition) is 5. The van der Waals surface area contributed by atoms with Crippen LogP contribution in [0.3, 0.4) is 0 Å². The van der Waals surface area contributed by atoms with Gasteiger partial charge < -0.3 is 10.4 Å². The molecule has 0 aromatic carbocycles. The highest BCUT2D eigenvalue weighted by Crippen LogP contribution is 2.25. The summed E-state index contributed by atoms with van der Waals surface area (Å²) in [6.07, 6.45) is -7.35. The Morgan fingerprint density at radius 3 is 2.47 bits per heavy atom. The first-order chi connectivity index (χ1) is 8.53. The van der Waals surface area contributed by atoms with Gasteiger partial charge in [-0.05, 0) is 11.5 Å². The summed E-state index contributed by atoms with van der Waals surface area (Å²) in [7, 11) is 0. The third-order valence-corrected chi connectivity index (χ3v) is 2.96. The van der Waals surface area contributed by atoms with Gasteiger partial charge in [0, 0.05) is 5.41 Å². The van der Waals surface area contributed by atoms with Gasteiger partial charge >= 0.3 is 6.18 Å². The number of halogens is 3. The summed E-state index contributed by atoms with van der Waals surface area (Å²) in [5, 5.41) is 14.6. The molecular formula is C10H14F3N3O2S. The molecule has 1 atom stereocenters. The zero-order chi connectivity index (χ0) is 14.8. The maximum atomic E-state index is 12.1. The van der Waals surface area contributed by atoms with E-state index in [4.69, 9.17) is 5.11 Å². The summed E-state index contributed by atoms with van der Waals surface area (Å²) in [5.74, 6) is -0.719. The van der Waals surface area contributed by atoms with E-state index in [9.17, 15) is 18.0 Å². The average Bonchev–Trinajstić information content (AvgIpc) is 2.72. The molecule has 5 nitrogen and oxygen atoms in total. The van der Waals surface area contributed by atoms with Crippen LogP contribution in [0, 0.1) is 0 Å². The number of nitrogens with one attached hydrogen (secondary N) is 1. The summed E-state index contributed by atoms with van der Waals surface area (Å²) < 4.78 is 39.9. The summed E-state index contributed by atoms with van der Waals surface area (Å²) in [6.45, 7) is 4.53. The number of rotatable bonds is 3. The van der Waals surface area contributed by atoms with Gasteiger partial charge in [0.25, 0.3) is 5.91 Å². The standard InChI is InChI=1S/C10H14F3N3O2S/c1-9(2,3)7-6(19-16-15-7)8(18)14-4-5(17)10(11,12)13/h5,17H,4H2,1-3H3,(H,14,18). The zero-order valence-corrected chi connectivity index (χ0v) is 11.4. The van der Waals surface area contributed by atoms with Gasteiger partial charge in [-0.15, -0.1) is 5.10 Å². The van der Waals surface area contributed by atoms with Gasteiger partial charge in [0.15, 0.2) is 6.10 Å². The van der Waals surface area contributed by atoms with Crippen molar-refractivity contribution in [2.24, 2.45) is 0 Å². The Bertz CT molecular complexity index is 454. The van der Waals surface area contributed by atoms with Crippen molar-refractivity contribution < 1.29 is 23.1 Å². The molecule has 0 aliphatic rings.